The molecule has 0 aromatic heterocycles. The number of nitrogens with zero attached hydrogens (tertiary/aromatic N) is 1. The standard InChI is InChI=1S/C20H26N4O3.ClH/c21-16-8-14-2-1-3-15(9-16)18(14)23-19(26)13-6-4-12(5-7-13)11-24-17(25)10-22-20(24)27;/h4-7,14-16,18H,1-3,8-11,21H2,(H,22,27)(H,23,26);1H. The highest BCUT2D eigenvalue weighted by Crippen LogP contribution is 2.39. The molecule has 1 heterocycles. The molecule has 152 valence electrons. The first-order valence-electron chi connectivity index (χ1n) is 9.75. The number of halogens is 1. The smallest absolute Gasteiger partial charge is 0.324 e. The van der Waals surface area contributed by atoms with Crippen molar-refractivity contribution in [1.29, 1.82) is 0 Å². The second kappa shape index (κ2) is 8.49. The highest BCUT2D eigenvalue weighted by Gasteiger charge is 2.40. The normalized spacial score (nSPS) is 29.1. The van der Waals surface area contributed by atoms with Crippen LogP contribution >= 0.6 is 12.4 Å². The zero-order valence-corrected chi connectivity index (χ0v) is 16.5. The number of hydrogen-bond acceptors (Lipinski definition) is 4. The van der Waals surface area contributed by atoms with Gasteiger partial charge < -0.3 is 16.4 Å². The highest BCUT2D eigenvalue weighted by atomic mass is 35.5. The molecule has 2 aliphatic carbocycles. The summed E-state index contributed by atoms with van der Waals surface area (Å²) in [5.74, 6) is 0.670. The molecule has 1 aromatic carbocycles. The van der Waals surface area contributed by atoms with Gasteiger partial charge in [-0.25, -0.2) is 4.79 Å². The lowest BCUT2D eigenvalue weighted by molar-refractivity contribution is -0.125. The molecule has 2 atom stereocenters. The second-order valence-corrected chi connectivity index (χ2v) is 8.02. The SMILES string of the molecule is Cl.NC1CC2CCCC(C1)C2NC(=O)c1ccc(CN2C(=O)CNC2=O)cc1. The van der Waals surface area contributed by atoms with E-state index in [1.54, 1.807) is 24.3 Å². The van der Waals surface area contributed by atoms with Crippen molar-refractivity contribution in [3.8, 4) is 0 Å². The first-order valence-corrected chi connectivity index (χ1v) is 9.75. The predicted octanol–water partition coefficient (Wildman–Crippen LogP) is 1.80. The number of carbonyl (C=O) groups excluding carboxylic acids is 3. The van der Waals surface area contributed by atoms with Gasteiger partial charge in [0, 0.05) is 17.6 Å². The van der Waals surface area contributed by atoms with Gasteiger partial charge in [0.1, 0.15) is 0 Å². The van der Waals surface area contributed by atoms with E-state index in [1.165, 1.54) is 11.3 Å². The quantitative estimate of drug-likeness (QED) is 0.663. The Morgan fingerprint density at radius 3 is 2.36 bits per heavy atom. The molecule has 1 aromatic rings. The molecule has 3 aliphatic rings. The number of nitrogens with two attached hydrogens (primary N) is 1. The molecule has 2 saturated carbocycles. The lowest BCUT2D eigenvalue weighted by atomic mass is 9.67. The van der Waals surface area contributed by atoms with Gasteiger partial charge in [0.2, 0.25) is 5.91 Å². The third-order valence-corrected chi connectivity index (χ3v) is 6.17. The molecule has 3 fully saturated rings. The molecule has 4 rings (SSSR count). The summed E-state index contributed by atoms with van der Waals surface area (Å²) in [6.45, 7) is 0.268. The van der Waals surface area contributed by atoms with Crippen molar-refractivity contribution < 1.29 is 14.4 Å². The number of carbonyl (C=O) groups is 3. The van der Waals surface area contributed by atoms with E-state index in [4.69, 9.17) is 5.73 Å². The average Bonchev–Trinajstić information content (AvgIpc) is 2.95. The Balaban J connectivity index is 0.00000225. The molecule has 2 unspecified atom stereocenters. The molecular formula is C20H27ClN4O3. The van der Waals surface area contributed by atoms with Crippen LogP contribution in [0.2, 0.25) is 0 Å². The number of hydrogen-bond donors (Lipinski definition) is 3. The second-order valence-electron chi connectivity index (χ2n) is 8.02. The monoisotopic (exact) mass is 406 g/mol. The number of rotatable bonds is 4. The lowest BCUT2D eigenvalue weighted by Gasteiger charge is -2.45. The van der Waals surface area contributed by atoms with Crippen molar-refractivity contribution in [3.63, 3.8) is 0 Å². The van der Waals surface area contributed by atoms with E-state index in [2.05, 4.69) is 10.6 Å². The number of fused-ring (bicyclic) bond motifs is 2. The van der Waals surface area contributed by atoms with E-state index in [-0.39, 0.29) is 55.4 Å². The Morgan fingerprint density at radius 2 is 1.79 bits per heavy atom. The summed E-state index contributed by atoms with van der Waals surface area (Å²) in [5, 5.41) is 5.74. The molecule has 28 heavy (non-hydrogen) atoms. The van der Waals surface area contributed by atoms with E-state index >= 15 is 0 Å². The van der Waals surface area contributed by atoms with Crippen LogP contribution in [0.3, 0.4) is 0 Å². The van der Waals surface area contributed by atoms with Crippen molar-refractivity contribution in [1.82, 2.24) is 15.5 Å². The fraction of sp³-hybridized carbons (Fsp3) is 0.550. The van der Waals surface area contributed by atoms with Gasteiger partial charge in [0.05, 0.1) is 13.1 Å². The Bertz CT molecular complexity index is 724. The van der Waals surface area contributed by atoms with Crippen LogP contribution < -0.4 is 16.4 Å². The van der Waals surface area contributed by atoms with Crippen molar-refractivity contribution in [2.24, 2.45) is 17.6 Å². The van der Waals surface area contributed by atoms with Gasteiger partial charge in [-0.05, 0) is 55.2 Å². The maximum absolute atomic E-state index is 12.7. The van der Waals surface area contributed by atoms with Crippen molar-refractivity contribution in [3.05, 3.63) is 35.4 Å². The minimum absolute atomic E-state index is 0. The van der Waals surface area contributed by atoms with Crippen LogP contribution in [0.1, 0.15) is 48.0 Å². The van der Waals surface area contributed by atoms with Crippen LogP contribution in [0.5, 0.6) is 0 Å². The zero-order chi connectivity index (χ0) is 19.0. The number of imide groups is 1. The van der Waals surface area contributed by atoms with E-state index in [9.17, 15) is 14.4 Å². The van der Waals surface area contributed by atoms with Gasteiger partial charge >= 0.3 is 6.03 Å². The largest absolute Gasteiger partial charge is 0.349 e. The number of benzene rings is 1. The average molecular weight is 407 g/mol. The van der Waals surface area contributed by atoms with Crippen LogP contribution in [0.4, 0.5) is 4.79 Å². The minimum atomic E-state index is -0.371. The first-order chi connectivity index (χ1) is 13.0. The van der Waals surface area contributed by atoms with Crippen LogP contribution in [-0.2, 0) is 11.3 Å². The van der Waals surface area contributed by atoms with E-state index in [1.807, 2.05) is 0 Å². The molecule has 1 aliphatic heterocycles. The van der Waals surface area contributed by atoms with Gasteiger partial charge in [-0.15, -0.1) is 12.4 Å². The first kappa shape index (κ1) is 20.6. The third-order valence-electron chi connectivity index (χ3n) is 6.17. The Labute approximate surface area is 170 Å². The van der Waals surface area contributed by atoms with Gasteiger partial charge in [-0.3, -0.25) is 14.5 Å². The molecule has 0 radical (unpaired) electrons. The lowest BCUT2D eigenvalue weighted by Crippen LogP contribution is -2.53. The molecule has 0 spiro atoms. The van der Waals surface area contributed by atoms with Gasteiger partial charge in [-0.1, -0.05) is 18.6 Å². The molecule has 7 nitrogen and oxygen atoms in total. The van der Waals surface area contributed by atoms with E-state index in [0.717, 1.165) is 31.2 Å². The van der Waals surface area contributed by atoms with Crippen molar-refractivity contribution in [2.75, 3.05) is 6.54 Å². The maximum atomic E-state index is 12.7. The summed E-state index contributed by atoms with van der Waals surface area (Å²) >= 11 is 0. The topological polar surface area (TPSA) is 105 Å². The highest BCUT2D eigenvalue weighted by molar-refractivity contribution is 6.01. The zero-order valence-electron chi connectivity index (χ0n) is 15.7. The van der Waals surface area contributed by atoms with Crippen LogP contribution in [0, 0.1) is 11.8 Å². The fourth-order valence-corrected chi connectivity index (χ4v) is 4.82. The summed E-state index contributed by atoms with van der Waals surface area (Å²) in [6.07, 6.45) is 5.49. The van der Waals surface area contributed by atoms with E-state index in [0.29, 0.717) is 17.4 Å². The summed E-state index contributed by atoms with van der Waals surface area (Å²) < 4.78 is 0. The summed E-state index contributed by atoms with van der Waals surface area (Å²) in [7, 11) is 0. The molecular weight excluding hydrogens is 380 g/mol. The molecule has 4 N–H and O–H groups in total. The maximum Gasteiger partial charge on any atom is 0.324 e. The van der Waals surface area contributed by atoms with Crippen LogP contribution in [-0.4, -0.2) is 41.4 Å². The van der Waals surface area contributed by atoms with Gasteiger partial charge in [-0.2, -0.15) is 0 Å². The third kappa shape index (κ3) is 4.15. The van der Waals surface area contributed by atoms with Crippen molar-refractivity contribution >= 4 is 30.3 Å². The van der Waals surface area contributed by atoms with Gasteiger partial charge in [0.15, 0.2) is 0 Å². The molecule has 2 bridgehead atoms. The summed E-state index contributed by atoms with van der Waals surface area (Å²) in [4.78, 5) is 37.2. The fourth-order valence-electron chi connectivity index (χ4n) is 4.82. The van der Waals surface area contributed by atoms with Crippen molar-refractivity contribution in [2.45, 2.75) is 50.7 Å². The molecule has 1 saturated heterocycles. The van der Waals surface area contributed by atoms with Crippen LogP contribution in [0.25, 0.3) is 0 Å². The Kier molecular flexibility index (Phi) is 6.25. The van der Waals surface area contributed by atoms with Gasteiger partial charge in [0.25, 0.3) is 5.91 Å². The Hall–Kier alpha value is -2.12. The summed E-state index contributed by atoms with van der Waals surface area (Å²) in [6, 6.07) is 7.22. The minimum Gasteiger partial charge on any atom is -0.349 e. The van der Waals surface area contributed by atoms with Crippen LogP contribution in [0.15, 0.2) is 24.3 Å². The predicted molar refractivity (Wildman–Crippen MR) is 107 cm³/mol. The Morgan fingerprint density at radius 1 is 1.14 bits per heavy atom. The van der Waals surface area contributed by atoms with E-state index < -0.39 is 0 Å². The summed E-state index contributed by atoms with van der Waals surface area (Å²) in [5.41, 5.74) is 7.58. The molecule has 4 amide bonds. The number of amides is 4. The molecule has 8 heteroatoms. The number of urea groups is 1. The number of nitrogens with one attached hydrogen (secondary N) is 2.